The van der Waals surface area contributed by atoms with Crippen LogP contribution in [0.25, 0.3) is 21.3 Å². The lowest BCUT2D eigenvalue weighted by atomic mass is 10.00. The Labute approximate surface area is 180 Å². The second-order valence-electron chi connectivity index (χ2n) is 7.29. The number of fused-ring (bicyclic) bond motifs is 1. The van der Waals surface area contributed by atoms with Crippen LogP contribution in [0.1, 0.15) is 31.2 Å². The van der Waals surface area contributed by atoms with Crippen LogP contribution in [-0.2, 0) is 17.6 Å². The number of benzene rings is 1. The van der Waals surface area contributed by atoms with Gasteiger partial charge in [-0.2, -0.15) is 4.98 Å². The summed E-state index contributed by atoms with van der Waals surface area (Å²) in [7, 11) is 0. The summed E-state index contributed by atoms with van der Waals surface area (Å²) in [6.07, 6.45) is 1.96. The zero-order valence-corrected chi connectivity index (χ0v) is 18.6. The zero-order chi connectivity index (χ0) is 20.5. The lowest BCUT2D eigenvalue weighted by Crippen LogP contribution is -2.48. The van der Waals surface area contributed by atoms with Gasteiger partial charge >= 0.3 is 0 Å². The molecule has 7 heteroatoms. The van der Waals surface area contributed by atoms with Gasteiger partial charge < -0.3 is 9.80 Å². The molecule has 1 aromatic carbocycles. The van der Waals surface area contributed by atoms with E-state index in [-0.39, 0.29) is 11.2 Å². The molecule has 29 heavy (non-hydrogen) atoms. The van der Waals surface area contributed by atoms with Gasteiger partial charge in [-0.05, 0) is 35.6 Å². The van der Waals surface area contributed by atoms with E-state index >= 15 is 0 Å². The van der Waals surface area contributed by atoms with Gasteiger partial charge in [0.2, 0.25) is 11.2 Å². The third-order valence-corrected chi connectivity index (χ3v) is 6.97. The number of piperazine rings is 1. The quantitative estimate of drug-likeness (QED) is 0.560. The average molecular weight is 429 g/mol. The molecule has 1 aliphatic rings. The molecule has 5 nitrogen and oxygen atoms in total. The predicted octanol–water partition coefficient (Wildman–Crippen LogP) is 4.81. The van der Waals surface area contributed by atoms with Gasteiger partial charge in [0.1, 0.15) is 10.6 Å². The van der Waals surface area contributed by atoms with Crippen LogP contribution in [0.4, 0.5) is 5.82 Å². The number of anilines is 1. The fourth-order valence-electron chi connectivity index (χ4n) is 3.93. The highest BCUT2D eigenvalue weighted by Crippen LogP contribution is 2.43. The standard InChI is InChI=1S/C22H25ClN4OS/c1-4-15-6-8-16(9-7-15)18-17(5-2)29-21-19(18)20(24-22(23)25-21)27-12-10-26(11-13-27)14(3)28/h6-9H,4-5,10-13H2,1-3H3. The molecule has 1 fully saturated rings. The monoisotopic (exact) mass is 428 g/mol. The molecule has 1 saturated heterocycles. The van der Waals surface area contributed by atoms with Gasteiger partial charge in [-0.3, -0.25) is 4.79 Å². The largest absolute Gasteiger partial charge is 0.352 e. The summed E-state index contributed by atoms with van der Waals surface area (Å²) in [4.78, 5) is 27.2. The number of hydrogen-bond donors (Lipinski definition) is 0. The van der Waals surface area contributed by atoms with E-state index in [0.29, 0.717) is 13.1 Å². The molecule has 0 bridgehead atoms. The minimum atomic E-state index is 0.121. The minimum Gasteiger partial charge on any atom is -0.352 e. The molecule has 0 N–H and O–H groups in total. The predicted molar refractivity (Wildman–Crippen MR) is 121 cm³/mol. The maximum atomic E-state index is 11.7. The lowest BCUT2D eigenvalue weighted by molar-refractivity contribution is -0.129. The molecule has 4 rings (SSSR count). The van der Waals surface area contributed by atoms with E-state index in [1.165, 1.54) is 21.6 Å². The van der Waals surface area contributed by atoms with Crippen molar-refractivity contribution in [1.82, 2.24) is 14.9 Å². The average Bonchev–Trinajstić information content (AvgIpc) is 3.11. The first-order valence-electron chi connectivity index (χ1n) is 10.1. The summed E-state index contributed by atoms with van der Waals surface area (Å²) in [5.41, 5.74) is 3.74. The first kappa shape index (κ1) is 20.1. The Bertz CT molecular complexity index is 1040. The molecule has 0 radical (unpaired) electrons. The van der Waals surface area contributed by atoms with Gasteiger partial charge in [0.25, 0.3) is 0 Å². The minimum absolute atomic E-state index is 0.121. The summed E-state index contributed by atoms with van der Waals surface area (Å²) < 4.78 is 0. The normalized spacial score (nSPS) is 14.6. The topological polar surface area (TPSA) is 49.3 Å². The maximum absolute atomic E-state index is 11.7. The number of aromatic nitrogens is 2. The molecule has 152 valence electrons. The van der Waals surface area contributed by atoms with Crippen molar-refractivity contribution in [1.29, 1.82) is 0 Å². The third-order valence-electron chi connectivity index (χ3n) is 5.57. The van der Waals surface area contributed by atoms with Crippen LogP contribution in [0.3, 0.4) is 0 Å². The number of carbonyl (C=O) groups excluding carboxylic acids is 1. The molecule has 1 amide bonds. The summed E-state index contributed by atoms with van der Waals surface area (Å²) in [6.45, 7) is 8.85. The molecule has 0 atom stereocenters. The Morgan fingerprint density at radius 2 is 1.76 bits per heavy atom. The fraction of sp³-hybridized carbons (Fsp3) is 0.409. The molecule has 0 unspecified atom stereocenters. The smallest absolute Gasteiger partial charge is 0.225 e. The van der Waals surface area contributed by atoms with E-state index in [1.807, 2.05) is 4.90 Å². The van der Waals surface area contributed by atoms with E-state index in [9.17, 15) is 4.79 Å². The number of nitrogens with zero attached hydrogens (tertiary/aromatic N) is 4. The summed E-state index contributed by atoms with van der Waals surface area (Å²) >= 11 is 8.01. The Kier molecular flexibility index (Phi) is 5.74. The second kappa shape index (κ2) is 8.28. The van der Waals surface area contributed by atoms with Crippen molar-refractivity contribution in [3.05, 3.63) is 40.0 Å². The molecule has 3 aromatic rings. The summed E-state index contributed by atoms with van der Waals surface area (Å²) in [5, 5.41) is 1.36. The number of rotatable bonds is 4. The Hall–Kier alpha value is -2.18. The van der Waals surface area contributed by atoms with Crippen molar-refractivity contribution in [3.63, 3.8) is 0 Å². The van der Waals surface area contributed by atoms with Crippen LogP contribution in [0.5, 0.6) is 0 Å². The van der Waals surface area contributed by atoms with Gasteiger partial charge in [-0.25, -0.2) is 4.98 Å². The molecule has 0 saturated carbocycles. The molecule has 3 heterocycles. The Morgan fingerprint density at radius 3 is 2.34 bits per heavy atom. The van der Waals surface area contributed by atoms with Crippen molar-refractivity contribution >= 4 is 44.9 Å². The number of carbonyl (C=O) groups is 1. The van der Waals surface area contributed by atoms with Crippen molar-refractivity contribution in [2.45, 2.75) is 33.6 Å². The van der Waals surface area contributed by atoms with Crippen LogP contribution in [-0.4, -0.2) is 47.0 Å². The van der Waals surface area contributed by atoms with Crippen LogP contribution < -0.4 is 4.90 Å². The molecular weight excluding hydrogens is 404 g/mol. The number of aryl methyl sites for hydroxylation is 2. The van der Waals surface area contributed by atoms with Crippen LogP contribution in [0.2, 0.25) is 5.28 Å². The molecule has 2 aromatic heterocycles. The number of hydrogen-bond acceptors (Lipinski definition) is 5. The van der Waals surface area contributed by atoms with Crippen LogP contribution >= 0.6 is 22.9 Å². The van der Waals surface area contributed by atoms with Crippen molar-refractivity contribution in [2.75, 3.05) is 31.1 Å². The van der Waals surface area contributed by atoms with E-state index in [4.69, 9.17) is 11.6 Å². The first-order chi connectivity index (χ1) is 14.0. The van der Waals surface area contributed by atoms with Gasteiger partial charge in [-0.1, -0.05) is 38.1 Å². The Morgan fingerprint density at radius 1 is 1.07 bits per heavy atom. The molecular formula is C22H25ClN4OS. The van der Waals surface area contributed by atoms with Gasteiger partial charge in [-0.15, -0.1) is 11.3 Å². The maximum Gasteiger partial charge on any atom is 0.225 e. The van der Waals surface area contributed by atoms with Gasteiger partial charge in [0.05, 0.1) is 5.39 Å². The highest BCUT2D eigenvalue weighted by Gasteiger charge is 2.26. The summed E-state index contributed by atoms with van der Waals surface area (Å²) in [5.74, 6) is 1.00. The van der Waals surface area contributed by atoms with E-state index < -0.39 is 0 Å². The van der Waals surface area contributed by atoms with E-state index in [1.54, 1.807) is 18.3 Å². The number of halogens is 1. The van der Waals surface area contributed by atoms with Crippen molar-refractivity contribution in [2.24, 2.45) is 0 Å². The number of thiophene rings is 1. The molecule has 0 spiro atoms. The lowest BCUT2D eigenvalue weighted by Gasteiger charge is -2.35. The van der Waals surface area contributed by atoms with E-state index in [0.717, 1.165) is 42.0 Å². The SMILES string of the molecule is CCc1ccc(-c2c(CC)sc3nc(Cl)nc(N4CCN(C(C)=O)CC4)c23)cc1. The zero-order valence-electron chi connectivity index (χ0n) is 17.0. The van der Waals surface area contributed by atoms with Gasteiger partial charge in [0, 0.05) is 43.5 Å². The van der Waals surface area contributed by atoms with Crippen LogP contribution in [0, 0.1) is 0 Å². The van der Waals surface area contributed by atoms with Gasteiger partial charge in [0.15, 0.2) is 0 Å². The summed E-state index contributed by atoms with van der Waals surface area (Å²) in [6, 6.07) is 8.79. The van der Waals surface area contributed by atoms with Crippen molar-refractivity contribution in [3.8, 4) is 11.1 Å². The van der Waals surface area contributed by atoms with E-state index in [2.05, 4.69) is 53.0 Å². The van der Waals surface area contributed by atoms with Crippen LogP contribution in [0.15, 0.2) is 24.3 Å². The highest BCUT2D eigenvalue weighted by atomic mass is 35.5. The second-order valence-corrected chi connectivity index (χ2v) is 8.72. The molecule has 1 aliphatic heterocycles. The highest BCUT2D eigenvalue weighted by molar-refractivity contribution is 7.19. The first-order valence-corrected chi connectivity index (χ1v) is 11.3. The molecule has 0 aliphatic carbocycles. The Balaban J connectivity index is 1.84. The van der Waals surface area contributed by atoms with Crippen molar-refractivity contribution < 1.29 is 4.79 Å². The fourth-order valence-corrected chi connectivity index (χ4v) is 5.27. The third kappa shape index (κ3) is 3.83. The number of amides is 1.